The normalized spacial score (nSPS) is 14.9. The molecule has 0 radical (unpaired) electrons. The Morgan fingerprint density at radius 3 is 2.38 bits per heavy atom. The number of amides is 2. The number of nitrogens with one attached hydrogen (secondary N) is 1. The smallest absolute Gasteiger partial charge is 0.227 e. The van der Waals surface area contributed by atoms with Crippen molar-refractivity contribution in [3.63, 3.8) is 0 Å². The third kappa shape index (κ3) is 5.13. The number of nitrogens with zero attached hydrogens (tertiary/aromatic N) is 3. The monoisotopic (exact) mass is 352 g/mol. The van der Waals surface area contributed by atoms with Gasteiger partial charge in [-0.25, -0.2) is 0 Å². The molecule has 2 amide bonds. The van der Waals surface area contributed by atoms with Crippen molar-refractivity contribution >= 4 is 17.5 Å². The molecule has 1 aliphatic heterocycles. The third-order valence-electron chi connectivity index (χ3n) is 4.47. The van der Waals surface area contributed by atoms with Crippen molar-refractivity contribution < 1.29 is 9.59 Å². The zero-order chi connectivity index (χ0) is 18.4. The fraction of sp³-hybridized carbons (Fsp3) is 0.350. The summed E-state index contributed by atoms with van der Waals surface area (Å²) in [6.07, 6.45) is 2.20. The molecule has 1 N–H and O–H groups in total. The zero-order valence-corrected chi connectivity index (χ0v) is 15.0. The fourth-order valence-corrected chi connectivity index (χ4v) is 3.07. The van der Waals surface area contributed by atoms with E-state index in [-0.39, 0.29) is 11.8 Å². The van der Waals surface area contributed by atoms with Crippen molar-refractivity contribution in [2.45, 2.75) is 19.9 Å². The molecule has 1 aromatic carbocycles. The lowest BCUT2D eigenvalue weighted by atomic mass is 10.1. The maximum absolute atomic E-state index is 12.5. The van der Waals surface area contributed by atoms with Crippen LogP contribution in [0.2, 0.25) is 0 Å². The summed E-state index contributed by atoms with van der Waals surface area (Å²) < 4.78 is 0. The van der Waals surface area contributed by atoms with Gasteiger partial charge < -0.3 is 10.2 Å². The van der Waals surface area contributed by atoms with Crippen LogP contribution in [0.25, 0.3) is 0 Å². The second-order valence-electron chi connectivity index (χ2n) is 6.53. The van der Waals surface area contributed by atoms with Gasteiger partial charge in [0, 0.05) is 51.5 Å². The highest BCUT2D eigenvalue weighted by Gasteiger charge is 2.21. The predicted molar refractivity (Wildman–Crippen MR) is 101 cm³/mol. The lowest BCUT2D eigenvalue weighted by Gasteiger charge is -2.34. The number of rotatable bonds is 5. The van der Waals surface area contributed by atoms with Crippen LogP contribution in [0.4, 0.5) is 5.69 Å². The van der Waals surface area contributed by atoms with E-state index >= 15 is 0 Å². The molecule has 6 nitrogen and oxygen atoms in total. The number of piperazine rings is 1. The largest absolute Gasteiger partial charge is 0.340 e. The number of carbonyl (C=O) groups is 2. The van der Waals surface area contributed by atoms with Crippen molar-refractivity contribution in [3.8, 4) is 0 Å². The number of hydrogen-bond acceptors (Lipinski definition) is 4. The summed E-state index contributed by atoms with van der Waals surface area (Å²) in [7, 11) is 0. The second-order valence-corrected chi connectivity index (χ2v) is 6.53. The van der Waals surface area contributed by atoms with Crippen LogP contribution in [0.5, 0.6) is 0 Å². The van der Waals surface area contributed by atoms with Gasteiger partial charge >= 0.3 is 0 Å². The summed E-state index contributed by atoms with van der Waals surface area (Å²) in [6, 6.07) is 13.4. The van der Waals surface area contributed by atoms with E-state index < -0.39 is 0 Å². The molecule has 2 aromatic rings. The molecule has 1 fully saturated rings. The Hall–Kier alpha value is -2.73. The first-order chi connectivity index (χ1) is 12.6. The standard InChI is InChI=1S/C20H24N4O2/c1-16(25)22-18-7-5-17(6-8-18)14-20(26)24-12-10-23(11-13-24)15-19-4-2-3-9-21-19/h2-9H,10-15H2,1H3,(H,22,25). The maximum atomic E-state index is 12.5. The molecule has 1 aromatic heterocycles. The number of pyridine rings is 1. The van der Waals surface area contributed by atoms with Gasteiger partial charge in [0.2, 0.25) is 11.8 Å². The minimum absolute atomic E-state index is 0.0996. The van der Waals surface area contributed by atoms with Gasteiger partial charge in [0.15, 0.2) is 0 Å². The molecule has 0 unspecified atom stereocenters. The van der Waals surface area contributed by atoms with E-state index in [0.29, 0.717) is 6.42 Å². The highest BCUT2D eigenvalue weighted by atomic mass is 16.2. The molecule has 1 saturated heterocycles. The molecule has 1 aliphatic rings. The maximum Gasteiger partial charge on any atom is 0.227 e. The van der Waals surface area contributed by atoms with Crippen LogP contribution in [-0.2, 0) is 22.6 Å². The summed E-state index contributed by atoms with van der Waals surface area (Å²) in [6.45, 7) is 5.53. The van der Waals surface area contributed by atoms with Crippen LogP contribution in [0, 0.1) is 0 Å². The third-order valence-corrected chi connectivity index (χ3v) is 4.47. The summed E-state index contributed by atoms with van der Waals surface area (Å²) in [5.74, 6) is 0.0483. The molecule has 0 spiro atoms. The lowest BCUT2D eigenvalue weighted by molar-refractivity contribution is -0.132. The van der Waals surface area contributed by atoms with E-state index in [2.05, 4.69) is 15.2 Å². The van der Waals surface area contributed by atoms with Gasteiger partial charge in [-0.3, -0.25) is 19.5 Å². The Kier molecular flexibility index (Phi) is 5.96. The highest BCUT2D eigenvalue weighted by molar-refractivity contribution is 5.88. The van der Waals surface area contributed by atoms with Gasteiger partial charge in [0.25, 0.3) is 0 Å². The quantitative estimate of drug-likeness (QED) is 0.893. The average molecular weight is 352 g/mol. The van der Waals surface area contributed by atoms with Gasteiger partial charge in [0.05, 0.1) is 12.1 Å². The van der Waals surface area contributed by atoms with Crippen LogP contribution in [-0.4, -0.2) is 52.8 Å². The summed E-state index contributed by atoms with van der Waals surface area (Å²) in [5.41, 5.74) is 2.77. The highest BCUT2D eigenvalue weighted by Crippen LogP contribution is 2.12. The molecular weight excluding hydrogens is 328 g/mol. The van der Waals surface area contributed by atoms with E-state index in [1.807, 2.05) is 53.6 Å². The molecule has 6 heteroatoms. The van der Waals surface area contributed by atoms with Crippen LogP contribution >= 0.6 is 0 Å². The van der Waals surface area contributed by atoms with Crippen LogP contribution < -0.4 is 5.32 Å². The molecule has 26 heavy (non-hydrogen) atoms. The summed E-state index contributed by atoms with van der Waals surface area (Å²) in [5, 5.41) is 2.73. The molecule has 0 aliphatic carbocycles. The van der Waals surface area contributed by atoms with E-state index in [1.165, 1.54) is 6.92 Å². The fourth-order valence-electron chi connectivity index (χ4n) is 3.07. The summed E-state index contributed by atoms with van der Waals surface area (Å²) in [4.78, 5) is 32.2. The molecule has 0 bridgehead atoms. The van der Waals surface area contributed by atoms with Gasteiger partial charge in [-0.15, -0.1) is 0 Å². The Bertz CT molecular complexity index is 738. The molecule has 136 valence electrons. The second kappa shape index (κ2) is 8.58. The van der Waals surface area contributed by atoms with Gasteiger partial charge in [-0.05, 0) is 29.8 Å². The van der Waals surface area contributed by atoms with E-state index in [4.69, 9.17) is 0 Å². The number of benzene rings is 1. The number of anilines is 1. The topological polar surface area (TPSA) is 65.5 Å². The Morgan fingerprint density at radius 2 is 1.77 bits per heavy atom. The van der Waals surface area contributed by atoms with E-state index in [9.17, 15) is 9.59 Å². The molecular formula is C20H24N4O2. The van der Waals surface area contributed by atoms with E-state index in [1.54, 1.807) is 0 Å². The van der Waals surface area contributed by atoms with Crippen molar-refractivity contribution in [1.29, 1.82) is 0 Å². The van der Waals surface area contributed by atoms with Crippen LogP contribution in [0.15, 0.2) is 48.7 Å². The molecule has 0 atom stereocenters. The van der Waals surface area contributed by atoms with Crippen LogP contribution in [0.1, 0.15) is 18.2 Å². The first kappa shape index (κ1) is 18.1. The molecule has 2 heterocycles. The SMILES string of the molecule is CC(=O)Nc1ccc(CC(=O)N2CCN(Cc3ccccn3)CC2)cc1. The average Bonchev–Trinajstić information content (AvgIpc) is 2.64. The van der Waals surface area contributed by atoms with Gasteiger partial charge in [-0.2, -0.15) is 0 Å². The van der Waals surface area contributed by atoms with Crippen molar-refractivity contribution in [2.75, 3.05) is 31.5 Å². The zero-order valence-electron chi connectivity index (χ0n) is 15.0. The van der Waals surface area contributed by atoms with Gasteiger partial charge in [-0.1, -0.05) is 18.2 Å². The minimum atomic E-state index is -0.0996. The Labute approximate surface area is 153 Å². The Morgan fingerprint density at radius 1 is 1.04 bits per heavy atom. The van der Waals surface area contributed by atoms with Crippen LogP contribution in [0.3, 0.4) is 0 Å². The molecule has 3 rings (SSSR count). The summed E-state index contributed by atoms with van der Waals surface area (Å²) >= 11 is 0. The number of carbonyl (C=O) groups excluding carboxylic acids is 2. The van der Waals surface area contributed by atoms with E-state index in [0.717, 1.165) is 49.7 Å². The van der Waals surface area contributed by atoms with Crippen molar-refractivity contribution in [1.82, 2.24) is 14.8 Å². The molecule has 0 saturated carbocycles. The van der Waals surface area contributed by atoms with Crippen molar-refractivity contribution in [3.05, 3.63) is 59.9 Å². The predicted octanol–water partition coefficient (Wildman–Crippen LogP) is 1.93. The lowest BCUT2D eigenvalue weighted by Crippen LogP contribution is -2.48. The first-order valence-electron chi connectivity index (χ1n) is 8.87. The minimum Gasteiger partial charge on any atom is -0.340 e. The Balaban J connectivity index is 1.47. The van der Waals surface area contributed by atoms with Gasteiger partial charge in [0.1, 0.15) is 0 Å². The first-order valence-corrected chi connectivity index (χ1v) is 8.87. The number of hydrogen-bond donors (Lipinski definition) is 1. The van der Waals surface area contributed by atoms with Crippen molar-refractivity contribution in [2.24, 2.45) is 0 Å². The number of aromatic nitrogens is 1.